The van der Waals surface area contributed by atoms with Gasteiger partial charge in [-0.3, -0.25) is 14.2 Å². The van der Waals surface area contributed by atoms with Crippen LogP contribution in [0.2, 0.25) is 0 Å². The van der Waals surface area contributed by atoms with Gasteiger partial charge in [0.05, 0.1) is 0 Å². The molecule has 0 aliphatic heterocycles. The Hall–Kier alpha value is -2.70. The van der Waals surface area contributed by atoms with E-state index in [9.17, 15) is 18.4 Å². The number of rotatable bonds is 4. The van der Waals surface area contributed by atoms with Gasteiger partial charge >= 0.3 is 6.55 Å². The largest absolute Gasteiger partial charge is 0.325 e. The van der Waals surface area contributed by atoms with Gasteiger partial charge in [-0.25, -0.2) is 0 Å². The summed E-state index contributed by atoms with van der Waals surface area (Å²) in [5.74, 6) is -0.744. The summed E-state index contributed by atoms with van der Waals surface area (Å²) < 4.78 is 26.9. The fraction of sp³-hybridized carbons (Fsp3) is 0.368. The summed E-state index contributed by atoms with van der Waals surface area (Å²) in [5, 5.41) is 5.45. The highest BCUT2D eigenvalue weighted by molar-refractivity contribution is 6.03. The van der Waals surface area contributed by atoms with Crippen LogP contribution in [0.1, 0.15) is 49.1 Å². The number of carbonyl (C=O) groups is 2. The smallest absolute Gasteiger partial charge is 0.319 e. The second-order valence-corrected chi connectivity index (χ2v) is 7.20. The summed E-state index contributed by atoms with van der Waals surface area (Å²) in [6.45, 7) is 5.95. The van der Waals surface area contributed by atoms with Crippen LogP contribution in [0.5, 0.6) is 0 Å². The molecule has 5 nitrogen and oxygen atoms in total. The van der Waals surface area contributed by atoms with Gasteiger partial charge in [-0.05, 0) is 49.7 Å². The van der Waals surface area contributed by atoms with Gasteiger partial charge in [0, 0.05) is 22.5 Å². The quantitative estimate of drug-likeness (QED) is 0.824. The Morgan fingerprint density at radius 3 is 2.23 bits per heavy atom. The van der Waals surface area contributed by atoms with Crippen LogP contribution < -0.4 is 10.6 Å². The van der Waals surface area contributed by atoms with E-state index in [0.717, 1.165) is 5.56 Å². The van der Waals surface area contributed by atoms with Crippen molar-refractivity contribution in [2.45, 2.75) is 41.2 Å². The van der Waals surface area contributed by atoms with E-state index >= 15 is 0 Å². The molecule has 0 aliphatic carbocycles. The van der Waals surface area contributed by atoms with Crippen LogP contribution in [0.3, 0.4) is 0 Å². The second kappa shape index (κ2) is 7.27. The fourth-order valence-corrected chi connectivity index (χ4v) is 2.38. The predicted octanol–water partition coefficient (Wildman–Crippen LogP) is 4.74. The number of carbonyl (C=O) groups excluding carboxylic acids is 2. The first-order valence-electron chi connectivity index (χ1n) is 8.20. The number of halogens is 2. The summed E-state index contributed by atoms with van der Waals surface area (Å²) in [7, 11) is 0. The molecule has 0 spiro atoms. The van der Waals surface area contributed by atoms with E-state index in [2.05, 4.69) is 10.6 Å². The number of benzene rings is 1. The van der Waals surface area contributed by atoms with E-state index in [0.29, 0.717) is 21.6 Å². The number of hydrogen-bond acceptors (Lipinski definition) is 2. The molecule has 140 valence electrons. The second-order valence-electron chi connectivity index (χ2n) is 7.20. The highest BCUT2D eigenvalue weighted by atomic mass is 19.3. The van der Waals surface area contributed by atoms with Crippen LogP contribution in [-0.2, 0) is 4.79 Å². The average molecular weight is 363 g/mol. The summed E-state index contributed by atoms with van der Waals surface area (Å²) in [5.41, 5.74) is 1.51. The van der Waals surface area contributed by atoms with Gasteiger partial charge < -0.3 is 10.6 Å². The third-order valence-corrected chi connectivity index (χ3v) is 3.96. The third-order valence-electron chi connectivity index (χ3n) is 3.96. The van der Waals surface area contributed by atoms with Crippen LogP contribution in [0, 0.1) is 19.3 Å². The van der Waals surface area contributed by atoms with E-state index in [4.69, 9.17) is 0 Å². The molecule has 7 heteroatoms. The minimum atomic E-state index is -2.79. The van der Waals surface area contributed by atoms with Gasteiger partial charge in [0.1, 0.15) is 5.69 Å². The van der Waals surface area contributed by atoms with Gasteiger partial charge in [0.15, 0.2) is 0 Å². The maximum Gasteiger partial charge on any atom is 0.319 e. The SMILES string of the molecule is Cc1cc(NC(=O)c2ccc(C)n2C(F)F)ccc1NC(=O)C(C)(C)C. The Kier molecular flexibility index (Phi) is 5.49. The summed E-state index contributed by atoms with van der Waals surface area (Å²) >= 11 is 0. The van der Waals surface area contributed by atoms with Crippen molar-refractivity contribution in [2.24, 2.45) is 5.41 Å². The normalized spacial score (nSPS) is 11.5. The minimum Gasteiger partial charge on any atom is -0.325 e. The lowest BCUT2D eigenvalue weighted by molar-refractivity contribution is -0.123. The van der Waals surface area contributed by atoms with E-state index in [1.54, 1.807) is 25.1 Å². The van der Waals surface area contributed by atoms with E-state index < -0.39 is 17.9 Å². The van der Waals surface area contributed by atoms with Crippen LogP contribution in [0.15, 0.2) is 30.3 Å². The number of amides is 2. The predicted molar refractivity (Wildman–Crippen MR) is 97.6 cm³/mol. The van der Waals surface area contributed by atoms with Gasteiger partial charge in [-0.2, -0.15) is 8.78 Å². The first-order valence-corrected chi connectivity index (χ1v) is 8.20. The first kappa shape index (κ1) is 19.6. The van der Waals surface area contributed by atoms with Crippen molar-refractivity contribution in [3.63, 3.8) is 0 Å². The molecular weight excluding hydrogens is 340 g/mol. The monoisotopic (exact) mass is 363 g/mol. The van der Waals surface area contributed by atoms with Gasteiger partial charge in [0.2, 0.25) is 5.91 Å². The van der Waals surface area contributed by atoms with Crippen molar-refractivity contribution in [3.05, 3.63) is 47.3 Å². The zero-order valence-electron chi connectivity index (χ0n) is 15.5. The van der Waals surface area contributed by atoms with Crippen LogP contribution in [0.25, 0.3) is 0 Å². The Balaban J connectivity index is 2.18. The fourth-order valence-electron chi connectivity index (χ4n) is 2.38. The number of hydrogen-bond donors (Lipinski definition) is 2. The van der Waals surface area contributed by atoms with Crippen LogP contribution in [0.4, 0.5) is 20.2 Å². The van der Waals surface area contributed by atoms with E-state index in [-0.39, 0.29) is 11.6 Å². The number of aromatic nitrogens is 1. The highest BCUT2D eigenvalue weighted by Gasteiger charge is 2.22. The standard InChI is InChI=1S/C19H23F2N3O2/c1-11-10-13(7-8-14(11)23-17(26)19(3,4)5)22-16(25)15-9-6-12(2)24(15)18(20)21/h6-10,18H,1-5H3,(H,22,25)(H,23,26). The van der Waals surface area contributed by atoms with Crippen molar-refractivity contribution in [1.82, 2.24) is 4.57 Å². The molecule has 0 bridgehead atoms. The minimum absolute atomic E-state index is 0.111. The Bertz CT molecular complexity index is 836. The van der Waals surface area contributed by atoms with Gasteiger partial charge in [-0.15, -0.1) is 0 Å². The Labute approximate surface area is 151 Å². The summed E-state index contributed by atoms with van der Waals surface area (Å²) in [6, 6.07) is 7.80. The number of anilines is 2. The van der Waals surface area contributed by atoms with Crippen molar-refractivity contribution in [2.75, 3.05) is 10.6 Å². The molecule has 0 fully saturated rings. The van der Waals surface area contributed by atoms with E-state index in [1.165, 1.54) is 19.1 Å². The third kappa shape index (κ3) is 4.28. The van der Waals surface area contributed by atoms with Crippen molar-refractivity contribution < 1.29 is 18.4 Å². The lowest BCUT2D eigenvalue weighted by Gasteiger charge is -2.19. The molecule has 0 aliphatic rings. The molecule has 2 amide bonds. The highest BCUT2D eigenvalue weighted by Crippen LogP contribution is 2.24. The lowest BCUT2D eigenvalue weighted by atomic mass is 9.95. The molecule has 2 N–H and O–H groups in total. The van der Waals surface area contributed by atoms with Crippen LogP contribution >= 0.6 is 0 Å². The average Bonchev–Trinajstić information content (AvgIpc) is 2.91. The molecule has 0 atom stereocenters. The van der Waals surface area contributed by atoms with Crippen molar-refractivity contribution in [3.8, 4) is 0 Å². The lowest BCUT2D eigenvalue weighted by Crippen LogP contribution is -2.27. The molecule has 0 radical (unpaired) electrons. The number of nitrogens with one attached hydrogen (secondary N) is 2. The van der Waals surface area contributed by atoms with Gasteiger partial charge in [0.25, 0.3) is 5.91 Å². The molecule has 2 aromatic rings. The number of nitrogens with zero attached hydrogens (tertiary/aromatic N) is 1. The van der Waals surface area contributed by atoms with E-state index in [1.807, 2.05) is 20.8 Å². The molecule has 1 aromatic heterocycles. The first-order chi connectivity index (χ1) is 12.0. The number of aryl methyl sites for hydroxylation is 2. The summed E-state index contributed by atoms with van der Waals surface area (Å²) in [6.07, 6.45) is 0. The maximum atomic E-state index is 13.1. The molecule has 1 aromatic carbocycles. The Morgan fingerprint density at radius 2 is 1.69 bits per heavy atom. The maximum absolute atomic E-state index is 13.1. The molecule has 0 unspecified atom stereocenters. The molecule has 0 saturated heterocycles. The van der Waals surface area contributed by atoms with Gasteiger partial charge in [-0.1, -0.05) is 20.8 Å². The molecule has 2 rings (SSSR count). The topological polar surface area (TPSA) is 63.1 Å². The zero-order valence-corrected chi connectivity index (χ0v) is 15.5. The van der Waals surface area contributed by atoms with Crippen LogP contribution in [-0.4, -0.2) is 16.4 Å². The Morgan fingerprint density at radius 1 is 1.04 bits per heavy atom. The zero-order chi connectivity index (χ0) is 19.6. The molecule has 0 saturated carbocycles. The molecule has 1 heterocycles. The number of alkyl halides is 2. The van der Waals surface area contributed by atoms with Crippen molar-refractivity contribution in [1.29, 1.82) is 0 Å². The molecule has 26 heavy (non-hydrogen) atoms. The molecular formula is C19H23F2N3O2. The summed E-state index contributed by atoms with van der Waals surface area (Å²) in [4.78, 5) is 24.4. The van der Waals surface area contributed by atoms with Crippen molar-refractivity contribution >= 4 is 23.2 Å².